The van der Waals surface area contributed by atoms with E-state index >= 15 is 0 Å². The first-order valence-corrected chi connectivity index (χ1v) is 13.1. The summed E-state index contributed by atoms with van der Waals surface area (Å²) in [6, 6.07) is 22.6. The van der Waals surface area contributed by atoms with Gasteiger partial charge in [-0.2, -0.15) is 0 Å². The maximum absolute atomic E-state index is 13.9. The number of imidazole rings is 1. The van der Waals surface area contributed by atoms with Crippen LogP contribution in [0.4, 0.5) is 0 Å². The van der Waals surface area contributed by atoms with Gasteiger partial charge in [0.25, 0.3) is 5.56 Å². The summed E-state index contributed by atoms with van der Waals surface area (Å²) >= 11 is 0. The van der Waals surface area contributed by atoms with E-state index in [1.165, 1.54) is 4.57 Å². The Labute approximate surface area is 226 Å². The zero-order valence-corrected chi connectivity index (χ0v) is 22.2. The van der Waals surface area contributed by atoms with Gasteiger partial charge in [0.2, 0.25) is 0 Å². The first-order chi connectivity index (χ1) is 19.1. The standard InChI is InChI=1S/C31H32N4O4/c1-3-28-32-17-20-33(28)18-8-19-34-29-26(11-7-12-27(29)39-22-24-9-5-4-6-10-24)30(36)35(31(34)37)21-23-13-15-25(38-2)16-14-23/h4-7,9-17,20H,3,8,18-19,21-22H2,1-2H3. The molecule has 0 atom stereocenters. The number of nitrogens with zero attached hydrogens (tertiary/aromatic N) is 4. The highest BCUT2D eigenvalue weighted by atomic mass is 16.5. The van der Waals surface area contributed by atoms with Crippen LogP contribution >= 0.6 is 0 Å². The maximum atomic E-state index is 13.9. The van der Waals surface area contributed by atoms with Crippen molar-refractivity contribution in [1.82, 2.24) is 18.7 Å². The molecule has 200 valence electrons. The number of ether oxygens (including phenoxy) is 2. The van der Waals surface area contributed by atoms with Gasteiger partial charge in [0.1, 0.15) is 29.4 Å². The molecule has 2 aromatic heterocycles. The summed E-state index contributed by atoms with van der Waals surface area (Å²) < 4.78 is 16.5. The lowest BCUT2D eigenvalue weighted by atomic mass is 10.2. The molecule has 0 aliphatic heterocycles. The SMILES string of the molecule is CCc1nccn1CCCn1c(=O)n(Cc2ccc(OC)cc2)c(=O)c2cccc(OCc3ccccc3)c21. The Bertz CT molecular complexity index is 1670. The van der Waals surface area contributed by atoms with Crippen molar-refractivity contribution in [2.75, 3.05) is 7.11 Å². The Hall–Kier alpha value is -4.59. The fraction of sp³-hybridized carbons (Fsp3) is 0.258. The zero-order chi connectivity index (χ0) is 27.2. The number of hydrogen-bond donors (Lipinski definition) is 0. The molecule has 0 unspecified atom stereocenters. The van der Waals surface area contributed by atoms with E-state index in [0.717, 1.165) is 23.4 Å². The fourth-order valence-corrected chi connectivity index (χ4v) is 4.82. The van der Waals surface area contributed by atoms with Crippen molar-refractivity contribution >= 4 is 10.9 Å². The van der Waals surface area contributed by atoms with E-state index in [2.05, 4.69) is 16.5 Å². The summed E-state index contributed by atoms with van der Waals surface area (Å²) in [5.41, 5.74) is 1.66. The van der Waals surface area contributed by atoms with Crippen LogP contribution in [-0.2, 0) is 32.7 Å². The lowest BCUT2D eigenvalue weighted by Crippen LogP contribution is -2.40. The molecular weight excluding hydrogens is 492 g/mol. The van der Waals surface area contributed by atoms with E-state index in [9.17, 15) is 9.59 Å². The Kier molecular flexibility index (Phi) is 7.91. The molecular formula is C31H32N4O4. The number of hydrogen-bond acceptors (Lipinski definition) is 5. The molecule has 0 radical (unpaired) electrons. The van der Waals surface area contributed by atoms with Crippen molar-refractivity contribution in [3.8, 4) is 11.5 Å². The zero-order valence-electron chi connectivity index (χ0n) is 22.2. The molecule has 0 bridgehead atoms. The first kappa shape index (κ1) is 26.0. The predicted octanol–water partition coefficient (Wildman–Crippen LogP) is 4.65. The fourth-order valence-electron chi connectivity index (χ4n) is 4.82. The van der Waals surface area contributed by atoms with Crippen molar-refractivity contribution in [1.29, 1.82) is 0 Å². The van der Waals surface area contributed by atoms with E-state index in [1.54, 1.807) is 30.0 Å². The minimum absolute atomic E-state index is 0.161. The second kappa shape index (κ2) is 11.9. The minimum Gasteiger partial charge on any atom is -0.497 e. The Morgan fingerprint density at radius 2 is 1.64 bits per heavy atom. The number of benzene rings is 3. The molecule has 39 heavy (non-hydrogen) atoms. The summed E-state index contributed by atoms with van der Waals surface area (Å²) in [4.78, 5) is 32.0. The van der Waals surface area contributed by atoms with Crippen molar-refractivity contribution in [3.05, 3.63) is 123 Å². The summed E-state index contributed by atoms with van der Waals surface area (Å²) in [5.74, 6) is 2.23. The molecule has 2 heterocycles. The lowest BCUT2D eigenvalue weighted by Gasteiger charge is -2.18. The molecule has 0 spiro atoms. The molecule has 5 aromatic rings. The Balaban J connectivity index is 1.55. The van der Waals surface area contributed by atoms with Crippen LogP contribution in [0.2, 0.25) is 0 Å². The quantitative estimate of drug-likeness (QED) is 0.251. The van der Waals surface area contributed by atoms with E-state index < -0.39 is 0 Å². The van der Waals surface area contributed by atoms with Gasteiger partial charge in [-0.25, -0.2) is 9.78 Å². The molecule has 0 aliphatic carbocycles. The van der Waals surface area contributed by atoms with E-state index in [1.807, 2.05) is 66.9 Å². The third-order valence-corrected chi connectivity index (χ3v) is 6.84. The smallest absolute Gasteiger partial charge is 0.331 e. The maximum Gasteiger partial charge on any atom is 0.331 e. The van der Waals surface area contributed by atoms with Crippen LogP contribution in [0.25, 0.3) is 10.9 Å². The van der Waals surface area contributed by atoms with Crippen LogP contribution in [0.15, 0.2) is 94.8 Å². The number of methoxy groups -OCH3 is 1. The number of rotatable bonds is 11. The molecule has 0 fully saturated rings. The van der Waals surface area contributed by atoms with Gasteiger partial charge in [-0.3, -0.25) is 13.9 Å². The van der Waals surface area contributed by atoms with Crippen LogP contribution in [0, 0.1) is 0 Å². The van der Waals surface area contributed by atoms with Crippen LogP contribution < -0.4 is 20.7 Å². The minimum atomic E-state index is -0.361. The molecule has 0 saturated carbocycles. The van der Waals surface area contributed by atoms with Gasteiger partial charge in [-0.15, -0.1) is 0 Å². The molecule has 0 saturated heterocycles. The van der Waals surface area contributed by atoms with E-state index in [-0.39, 0.29) is 17.8 Å². The van der Waals surface area contributed by atoms with Crippen molar-refractivity contribution in [2.24, 2.45) is 0 Å². The molecule has 5 rings (SSSR count). The van der Waals surface area contributed by atoms with Crippen molar-refractivity contribution in [3.63, 3.8) is 0 Å². The Morgan fingerprint density at radius 1 is 0.846 bits per heavy atom. The highest BCUT2D eigenvalue weighted by molar-refractivity contribution is 5.84. The third kappa shape index (κ3) is 5.65. The molecule has 0 amide bonds. The number of aryl methyl sites for hydroxylation is 3. The van der Waals surface area contributed by atoms with Gasteiger partial charge in [0.15, 0.2) is 0 Å². The van der Waals surface area contributed by atoms with Crippen LogP contribution in [0.3, 0.4) is 0 Å². The number of para-hydroxylation sites is 1. The molecule has 0 N–H and O–H groups in total. The monoisotopic (exact) mass is 524 g/mol. The summed E-state index contributed by atoms with van der Waals surface area (Å²) in [6.45, 7) is 3.70. The summed E-state index contributed by atoms with van der Waals surface area (Å²) in [6.07, 6.45) is 5.27. The lowest BCUT2D eigenvalue weighted by molar-refractivity contribution is 0.308. The third-order valence-electron chi connectivity index (χ3n) is 6.84. The highest BCUT2D eigenvalue weighted by Crippen LogP contribution is 2.24. The van der Waals surface area contributed by atoms with E-state index in [0.29, 0.717) is 48.5 Å². The van der Waals surface area contributed by atoms with Gasteiger partial charge < -0.3 is 14.0 Å². The van der Waals surface area contributed by atoms with Crippen LogP contribution in [-0.4, -0.2) is 25.8 Å². The second-order valence-electron chi connectivity index (χ2n) is 9.34. The largest absolute Gasteiger partial charge is 0.497 e. The summed E-state index contributed by atoms with van der Waals surface area (Å²) in [7, 11) is 1.60. The van der Waals surface area contributed by atoms with Gasteiger partial charge in [0, 0.05) is 31.9 Å². The van der Waals surface area contributed by atoms with Gasteiger partial charge >= 0.3 is 5.69 Å². The topological polar surface area (TPSA) is 80.3 Å². The normalized spacial score (nSPS) is 11.1. The number of fused-ring (bicyclic) bond motifs is 1. The number of aromatic nitrogens is 4. The van der Waals surface area contributed by atoms with E-state index in [4.69, 9.17) is 9.47 Å². The van der Waals surface area contributed by atoms with Crippen molar-refractivity contribution in [2.45, 2.75) is 46.0 Å². The average molecular weight is 525 g/mol. The Morgan fingerprint density at radius 3 is 2.38 bits per heavy atom. The molecule has 8 nitrogen and oxygen atoms in total. The second-order valence-corrected chi connectivity index (χ2v) is 9.34. The van der Waals surface area contributed by atoms with Gasteiger partial charge in [0.05, 0.1) is 19.0 Å². The first-order valence-electron chi connectivity index (χ1n) is 13.1. The van der Waals surface area contributed by atoms with Crippen LogP contribution in [0.1, 0.15) is 30.3 Å². The average Bonchev–Trinajstić information content (AvgIpc) is 3.44. The predicted molar refractivity (Wildman–Crippen MR) is 152 cm³/mol. The molecule has 0 aliphatic rings. The van der Waals surface area contributed by atoms with Gasteiger partial charge in [-0.1, -0.05) is 55.5 Å². The highest BCUT2D eigenvalue weighted by Gasteiger charge is 2.17. The summed E-state index contributed by atoms with van der Waals surface area (Å²) in [5, 5.41) is 0.450. The van der Waals surface area contributed by atoms with Gasteiger partial charge in [-0.05, 0) is 41.8 Å². The molecule has 8 heteroatoms. The van der Waals surface area contributed by atoms with Crippen LogP contribution in [0.5, 0.6) is 11.5 Å². The molecule has 3 aromatic carbocycles. The van der Waals surface area contributed by atoms with Crippen molar-refractivity contribution < 1.29 is 9.47 Å².